The molecule has 2 aromatic carbocycles. The molecule has 1 saturated carbocycles. The highest BCUT2D eigenvalue weighted by Gasteiger charge is 2.56. The van der Waals surface area contributed by atoms with Gasteiger partial charge in [0.1, 0.15) is 11.8 Å². The van der Waals surface area contributed by atoms with E-state index in [2.05, 4.69) is 5.32 Å². The predicted octanol–water partition coefficient (Wildman–Crippen LogP) is 3.88. The minimum Gasteiger partial charge on any atom is -0.480 e. The topological polar surface area (TPSA) is 86.7 Å². The fourth-order valence-corrected chi connectivity index (χ4v) is 5.65. The second kappa shape index (κ2) is 8.44. The molecule has 6 nitrogen and oxygen atoms in total. The zero-order chi connectivity index (χ0) is 22.2. The molecule has 0 bridgehead atoms. The van der Waals surface area contributed by atoms with Gasteiger partial charge in [-0.15, -0.1) is 0 Å². The van der Waals surface area contributed by atoms with Gasteiger partial charge >= 0.3 is 5.97 Å². The molecule has 4 unspecified atom stereocenters. The number of carbonyl (C=O) groups excluding carboxylic acids is 2. The van der Waals surface area contributed by atoms with E-state index in [4.69, 9.17) is 11.6 Å². The summed E-state index contributed by atoms with van der Waals surface area (Å²) in [6, 6.07) is 14.1. The molecule has 162 valence electrons. The van der Waals surface area contributed by atoms with Crippen LogP contribution in [0.5, 0.6) is 0 Å². The van der Waals surface area contributed by atoms with Crippen LogP contribution in [0.25, 0.3) is 0 Å². The molecule has 0 radical (unpaired) electrons. The first-order chi connectivity index (χ1) is 14.9. The maximum Gasteiger partial charge on any atom is 0.324 e. The molecule has 2 N–H and O–H groups in total. The van der Waals surface area contributed by atoms with Gasteiger partial charge in [-0.25, -0.2) is 0 Å². The summed E-state index contributed by atoms with van der Waals surface area (Å²) < 4.78 is 0. The average Bonchev–Trinajstić information content (AvgIpc) is 3.25. The summed E-state index contributed by atoms with van der Waals surface area (Å²) in [5.74, 6) is -1.68. The molecule has 0 spiro atoms. The number of benzene rings is 2. The van der Waals surface area contributed by atoms with Gasteiger partial charge < -0.3 is 20.1 Å². The van der Waals surface area contributed by atoms with E-state index in [1.165, 1.54) is 0 Å². The standard InChI is InChI=1S/C24H25ClN2O4/c1-26-24(13-14-28,23(30)31)21-17-5-2-3-7-19(17)27(20-8-4-6-18(20)21)22(29)15-9-11-16(25)12-10-15/h2-3,5,7,9-12,14,18,20-21,26H,4,6,8,13H2,1H3,(H,30,31). The fourth-order valence-electron chi connectivity index (χ4n) is 5.52. The third-order valence-electron chi connectivity index (χ3n) is 6.90. The third-order valence-corrected chi connectivity index (χ3v) is 7.15. The van der Waals surface area contributed by atoms with E-state index in [0.717, 1.165) is 24.8 Å². The summed E-state index contributed by atoms with van der Waals surface area (Å²) in [6.45, 7) is 0. The number of hydrogen-bond donors (Lipinski definition) is 2. The van der Waals surface area contributed by atoms with E-state index >= 15 is 0 Å². The lowest BCUT2D eigenvalue weighted by Crippen LogP contribution is -2.61. The second-order valence-electron chi connectivity index (χ2n) is 8.28. The number of carboxylic acid groups (broad SMARTS) is 1. The molecular formula is C24H25ClN2O4. The maximum atomic E-state index is 13.6. The number of rotatable bonds is 6. The van der Waals surface area contributed by atoms with Crippen molar-refractivity contribution in [1.82, 2.24) is 5.32 Å². The largest absolute Gasteiger partial charge is 0.480 e. The molecule has 1 aliphatic carbocycles. The Kier molecular flexibility index (Phi) is 5.86. The average molecular weight is 441 g/mol. The van der Waals surface area contributed by atoms with Crippen molar-refractivity contribution in [1.29, 1.82) is 0 Å². The number of hydrogen-bond acceptors (Lipinski definition) is 4. The number of anilines is 1. The number of aliphatic carboxylic acids is 1. The van der Waals surface area contributed by atoms with E-state index in [0.29, 0.717) is 22.6 Å². The highest BCUT2D eigenvalue weighted by atomic mass is 35.5. The fraction of sp³-hybridized carbons (Fsp3) is 0.375. The molecule has 1 fully saturated rings. The Morgan fingerprint density at radius 3 is 2.55 bits per heavy atom. The van der Waals surface area contributed by atoms with Crippen LogP contribution in [-0.4, -0.2) is 41.9 Å². The lowest BCUT2D eigenvalue weighted by Gasteiger charge is -2.49. The van der Waals surface area contributed by atoms with Crippen molar-refractivity contribution in [2.24, 2.45) is 5.92 Å². The number of nitrogens with one attached hydrogen (secondary N) is 1. The molecule has 1 amide bonds. The molecular weight excluding hydrogens is 416 g/mol. The summed E-state index contributed by atoms with van der Waals surface area (Å²) in [6.07, 6.45) is 3.00. The number of para-hydroxylation sites is 1. The van der Waals surface area contributed by atoms with Crippen molar-refractivity contribution >= 4 is 35.5 Å². The number of halogens is 1. The predicted molar refractivity (Wildman–Crippen MR) is 119 cm³/mol. The van der Waals surface area contributed by atoms with Gasteiger partial charge in [-0.2, -0.15) is 0 Å². The van der Waals surface area contributed by atoms with Crippen LogP contribution in [0.4, 0.5) is 5.69 Å². The monoisotopic (exact) mass is 440 g/mol. The highest BCUT2D eigenvalue weighted by Crippen LogP contribution is 2.53. The van der Waals surface area contributed by atoms with E-state index in [1.807, 2.05) is 29.2 Å². The normalized spacial score (nSPS) is 24.1. The number of carbonyl (C=O) groups is 3. The molecule has 2 aliphatic rings. The van der Waals surface area contributed by atoms with Crippen molar-refractivity contribution in [3.05, 3.63) is 64.7 Å². The number of amides is 1. The lowest BCUT2D eigenvalue weighted by atomic mass is 9.65. The number of carboxylic acids is 1. The molecule has 4 atom stereocenters. The molecule has 4 rings (SSSR count). The van der Waals surface area contributed by atoms with Gasteiger partial charge in [0.05, 0.1) is 0 Å². The van der Waals surface area contributed by atoms with E-state index < -0.39 is 17.4 Å². The number of likely N-dealkylation sites (N-methyl/N-ethyl adjacent to an activating group) is 1. The van der Waals surface area contributed by atoms with Gasteiger partial charge in [-0.3, -0.25) is 9.59 Å². The Hall–Kier alpha value is -2.70. The minimum atomic E-state index is -1.43. The van der Waals surface area contributed by atoms with Crippen LogP contribution in [0.1, 0.15) is 47.5 Å². The van der Waals surface area contributed by atoms with Gasteiger partial charge in [-0.05, 0) is 61.7 Å². The van der Waals surface area contributed by atoms with Crippen molar-refractivity contribution in [3.8, 4) is 0 Å². The molecule has 0 aromatic heterocycles. The third kappa shape index (κ3) is 3.44. The maximum absolute atomic E-state index is 13.6. The molecule has 0 saturated heterocycles. The molecule has 2 aromatic rings. The molecule has 31 heavy (non-hydrogen) atoms. The highest BCUT2D eigenvalue weighted by molar-refractivity contribution is 6.30. The van der Waals surface area contributed by atoms with Gasteiger partial charge in [-0.1, -0.05) is 36.2 Å². The zero-order valence-electron chi connectivity index (χ0n) is 17.3. The first kappa shape index (κ1) is 21.5. The van der Waals surface area contributed by atoms with E-state index in [9.17, 15) is 19.5 Å². The minimum absolute atomic E-state index is 0.0744. The summed E-state index contributed by atoms with van der Waals surface area (Å²) in [7, 11) is 1.59. The first-order valence-corrected chi connectivity index (χ1v) is 10.9. The smallest absolute Gasteiger partial charge is 0.324 e. The van der Waals surface area contributed by atoms with Crippen LogP contribution in [-0.2, 0) is 9.59 Å². The van der Waals surface area contributed by atoms with Crippen molar-refractivity contribution in [2.45, 2.75) is 43.2 Å². The van der Waals surface area contributed by atoms with E-state index in [1.54, 1.807) is 31.3 Å². The van der Waals surface area contributed by atoms with Gasteiger partial charge in [0.15, 0.2) is 0 Å². The summed E-state index contributed by atoms with van der Waals surface area (Å²) in [5.41, 5.74) is 0.601. The van der Waals surface area contributed by atoms with Gasteiger partial charge in [0, 0.05) is 34.7 Å². The summed E-state index contributed by atoms with van der Waals surface area (Å²) in [5, 5.41) is 13.7. The first-order valence-electron chi connectivity index (χ1n) is 10.5. The Bertz CT molecular complexity index is 1010. The van der Waals surface area contributed by atoms with Gasteiger partial charge in [0.2, 0.25) is 0 Å². The van der Waals surface area contributed by atoms with Crippen molar-refractivity contribution in [3.63, 3.8) is 0 Å². The molecule has 1 aliphatic heterocycles. The number of aldehydes is 1. The van der Waals surface area contributed by atoms with Crippen molar-refractivity contribution < 1.29 is 19.5 Å². The number of nitrogens with zero attached hydrogens (tertiary/aromatic N) is 1. The Balaban J connectivity index is 1.88. The Morgan fingerprint density at radius 1 is 1.19 bits per heavy atom. The van der Waals surface area contributed by atoms with E-state index in [-0.39, 0.29) is 24.3 Å². The Morgan fingerprint density at radius 2 is 1.90 bits per heavy atom. The summed E-state index contributed by atoms with van der Waals surface area (Å²) >= 11 is 6.00. The van der Waals surface area contributed by atoms with Crippen LogP contribution in [0.15, 0.2) is 48.5 Å². The SMILES string of the molecule is CNC(CC=O)(C(=O)O)C1c2ccccc2N(C(=O)c2ccc(Cl)cc2)C2CCCC21. The van der Waals surface area contributed by atoms with Gasteiger partial charge in [0.25, 0.3) is 5.91 Å². The van der Waals surface area contributed by atoms with Crippen LogP contribution >= 0.6 is 11.6 Å². The van der Waals surface area contributed by atoms with Crippen LogP contribution < -0.4 is 10.2 Å². The molecule has 7 heteroatoms. The van der Waals surface area contributed by atoms with Crippen LogP contribution in [0, 0.1) is 5.92 Å². The lowest BCUT2D eigenvalue weighted by molar-refractivity contribution is -0.148. The number of fused-ring (bicyclic) bond motifs is 2. The van der Waals surface area contributed by atoms with Crippen molar-refractivity contribution in [2.75, 3.05) is 11.9 Å². The van der Waals surface area contributed by atoms with Crippen LogP contribution in [0.3, 0.4) is 0 Å². The quantitative estimate of drug-likeness (QED) is 0.665. The van der Waals surface area contributed by atoms with Crippen LogP contribution in [0.2, 0.25) is 5.02 Å². The Labute approximate surface area is 186 Å². The summed E-state index contributed by atoms with van der Waals surface area (Å²) in [4.78, 5) is 39.5. The second-order valence-corrected chi connectivity index (χ2v) is 8.71. The molecule has 1 heterocycles. The zero-order valence-corrected chi connectivity index (χ0v) is 18.0.